The molecule has 0 aliphatic carbocycles. The molecule has 0 saturated heterocycles. The summed E-state index contributed by atoms with van der Waals surface area (Å²) >= 11 is 0. The van der Waals surface area contributed by atoms with Gasteiger partial charge in [0.05, 0.1) is 17.1 Å². The molecule has 0 unspecified atom stereocenters. The number of hydrogen-bond donors (Lipinski definition) is 2. The number of halogens is 1. The Bertz CT molecular complexity index is 1940. The predicted molar refractivity (Wildman–Crippen MR) is 146 cm³/mol. The van der Waals surface area contributed by atoms with Crippen molar-refractivity contribution in [3.8, 4) is 33.6 Å². The fraction of sp³-hybridized carbons (Fsp3) is 0.143. The summed E-state index contributed by atoms with van der Waals surface area (Å²) in [5, 5.41) is 9.11. The average molecular weight is 527 g/mol. The van der Waals surface area contributed by atoms with Crippen LogP contribution < -0.4 is 0 Å². The van der Waals surface area contributed by atoms with Gasteiger partial charge in [0.2, 0.25) is 0 Å². The van der Waals surface area contributed by atoms with E-state index in [2.05, 4.69) is 30.1 Å². The van der Waals surface area contributed by atoms with Gasteiger partial charge in [0.25, 0.3) is 0 Å². The first kappa shape index (κ1) is 23.9. The first-order valence-electron chi connectivity index (χ1n) is 12.0. The van der Waals surface area contributed by atoms with Crippen LogP contribution in [0.25, 0.3) is 55.7 Å². The number of pyridine rings is 3. The van der Waals surface area contributed by atoms with E-state index in [1.807, 2.05) is 43.5 Å². The molecule has 0 spiro atoms. The average Bonchev–Trinajstić information content (AvgIpc) is 3.50. The summed E-state index contributed by atoms with van der Waals surface area (Å²) in [4.78, 5) is 16.6. The van der Waals surface area contributed by atoms with Gasteiger partial charge in [-0.3, -0.25) is 10.1 Å². The van der Waals surface area contributed by atoms with Crippen molar-refractivity contribution in [1.82, 2.24) is 30.1 Å². The van der Waals surface area contributed by atoms with Crippen LogP contribution in [0.4, 0.5) is 4.39 Å². The van der Waals surface area contributed by atoms with E-state index in [1.54, 1.807) is 18.6 Å². The molecule has 2 N–H and O–H groups in total. The van der Waals surface area contributed by atoms with Gasteiger partial charge in [-0.05, 0) is 72.0 Å². The van der Waals surface area contributed by atoms with Crippen LogP contribution in [0.3, 0.4) is 0 Å². The number of fused-ring (bicyclic) bond motifs is 2. The van der Waals surface area contributed by atoms with Gasteiger partial charge in [0.1, 0.15) is 21.3 Å². The normalized spacial score (nSPS) is 12.0. The number of aryl methyl sites for hydroxylation is 2. The predicted octanol–water partition coefficient (Wildman–Crippen LogP) is 5.26. The molecule has 0 radical (unpaired) electrons. The number of hydrogen-bond acceptors (Lipinski definition) is 6. The Hall–Kier alpha value is -4.44. The third-order valence-electron chi connectivity index (χ3n) is 6.59. The Balaban J connectivity index is 1.44. The lowest BCUT2D eigenvalue weighted by atomic mass is 10.00. The first-order chi connectivity index (χ1) is 18.2. The fourth-order valence-electron chi connectivity index (χ4n) is 4.69. The van der Waals surface area contributed by atoms with Crippen LogP contribution in [0.2, 0.25) is 0 Å². The van der Waals surface area contributed by atoms with Crippen LogP contribution >= 0.6 is 0 Å². The quantitative estimate of drug-likeness (QED) is 0.306. The zero-order valence-corrected chi connectivity index (χ0v) is 21.5. The molecule has 0 atom stereocenters. The molecule has 190 valence electrons. The number of aromatic nitrogens is 6. The largest absolute Gasteiger partial charge is 0.338 e. The Morgan fingerprint density at radius 2 is 1.79 bits per heavy atom. The minimum atomic E-state index is -3.17. The molecule has 38 heavy (non-hydrogen) atoms. The van der Waals surface area contributed by atoms with Crippen molar-refractivity contribution in [3.05, 3.63) is 84.2 Å². The SMILES string of the molecule is Cc1ccncc1-c1cnc2n[nH]c(-c3cc4c(-c5cc(F)cc(CCS(C)(=O)=O)c5)ccnc4[nH]3)c2c1. The van der Waals surface area contributed by atoms with Gasteiger partial charge in [-0.2, -0.15) is 5.10 Å². The number of benzene rings is 1. The van der Waals surface area contributed by atoms with Crippen LogP contribution in [0.5, 0.6) is 0 Å². The third-order valence-corrected chi connectivity index (χ3v) is 7.54. The molecule has 1 aromatic carbocycles. The number of aromatic amines is 2. The molecule has 0 fully saturated rings. The highest BCUT2D eigenvalue weighted by Gasteiger charge is 2.16. The van der Waals surface area contributed by atoms with Crippen molar-refractivity contribution in [2.24, 2.45) is 0 Å². The van der Waals surface area contributed by atoms with Crippen LogP contribution in [-0.4, -0.2) is 50.6 Å². The number of nitrogens with zero attached hydrogens (tertiary/aromatic N) is 4. The molecule has 0 aliphatic rings. The van der Waals surface area contributed by atoms with Crippen molar-refractivity contribution < 1.29 is 12.8 Å². The minimum absolute atomic E-state index is 0.0442. The minimum Gasteiger partial charge on any atom is -0.338 e. The van der Waals surface area contributed by atoms with E-state index >= 15 is 0 Å². The van der Waals surface area contributed by atoms with E-state index in [0.717, 1.165) is 44.4 Å². The molecule has 0 aliphatic heterocycles. The molecule has 0 saturated carbocycles. The van der Waals surface area contributed by atoms with Gasteiger partial charge < -0.3 is 4.98 Å². The lowest BCUT2D eigenvalue weighted by molar-refractivity contribution is 0.600. The second-order valence-corrected chi connectivity index (χ2v) is 11.7. The van der Waals surface area contributed by atoms with E-state index in [1.165, 1.54) is 18.4 Å². The molecular formula is C28H23FN6O2S. The zero-order chi connectivity index (χ0) is 26.4. The summed E-state index contributed by atoms with van der Waals surface area (Å²) in [6.45, 7) is 2.03. The van der Waals surface area contributed by atoms with Crippen LogP contribution in [0.15, 0.2) is 67.3 Å². The fourth-order valence-corrected chi connectivity index (χ4v) is 5.29. The maximum Gasteiger partial charge on any atom is 0.181 e. The van der Waals surface area contributed by atoms with Crippen LogP contribution in [-0.2, 0) is 16.3 Å². The van der Waals surface area contributed by atoms with E-state index in [4.69, 9.17) is 0 Å². The monoisotopic (exact) mass is 526 g/mol. The smallest absolute Gasteiger partial charge is 0.181 e. The first-order valence-corrected chi connectivity index (χ1v) is 14.0. The number of nitrogens with one attached hydrogen (secondary N) is 2. The van der Waals surface area contributed by atoms with Gasteiger partial charge in [-0.1, -0.05) is 6.07 Å². The van der Waals surface area contributed by atoms with Gasteiger partial charge in [-0.15, -0.1) is 0 Å². The third kappa shape index (κ3) is 4.54. The van der Waals surface area contributed by atoms with Crippen molar-refractivity contribution >= 4 is 31.9 Å². The topological polar surface area (TPSA) is 117 Å². The molecule has 8 nitrogen and oxygen atoms in total. The summed E-state index contributed by atoms with van der Waals surface area (Å²) in [6.07, 6.45) is 8.44. The summed E-state index contributed by atoms with van der Waals surface area (Å²) in [7, 11) is -3.17. The second-order valence-electron chi connectivity index (χ2n) is 9.42. The molecule has 0 bridgehead atoms. The Labute approximate surface area is 217 Å². The second kappa shape index (κ2) is 9.14. The van der Waals surface area contributed by atoms with Crippen molar-refractivity contribution in [2.75, 3.05) is 12.0 Å². The van der Waals surface area contributed by atoms with Crippen LogP contribution in [0.1, 0.15) is 11.1 Å². The number of rotatable bonds is 6. The van der Waals surface area contributed by atoms with Gasteiger partial charge in [0, 0.05) is 52.9 Å². The molecule has 10 heteroatoms. The maximum absolute atomic E-state index is 14.5. The molecule has 0 amide bonds. The standard InChI is InChI=1S/C28H23FN6O2S/c1-16-3-6-30-15-24(16)19-12-23-26(34-35-28(23)32-14-19)25-13-22-21(4-7-31-27(22)33-25)18-9-17(10-20(29)11-18)5-8-38(2,36)37/h3-4,6-7,9-15H,5,8H2,1-2H3,(H,31,33)(H,32,34,35). The summed E-state index contributed by atoms with van der Waals surface area (Å²) < 4.78 is 37.8. The highest BCUT2D eigenvalue weighted by molar-refractivity contribution is 7.90. The molecular weight excluding hydrogens is 503 g/mol. The van der Waals surface area contributed by atoms with E-state index < -0.39 is 15.7 Å². The highest BCUT2D eigenvalue weighted by Crippen LogP contribution is 2.35. The zero-order valence-electron chi connectivity index (χ0n) is 20.7. The summed E-state index contributed by atoms with van der Waals surface area (Å²) in [5.74, 6) is -0.465. The van der Waals surface area contributed by atoms with Gasteiger partial charge in [0.15, 0.2) is 5.65 Å². The van der Waals surface area contributed by atoms with Gasteiger partial charge >= 0.3 is 0 Å². The maximum atomic E-state index is 14.5. The van der Waals surface area contributed by atoms with Crippen LogP contribution in [0, 0.1) is 12.7 Å². The van der Waals surface area contributed by atoms with E-state index in [-0.39, 0.29) is 12.2 Å². The van der Waals surface area contributed by atoms with E-state index in [9.17, 15) is 12.8 Å². The van der Waals surface area contributed by atoms with Gasteiger partial charge in [-0.25, -0.2) is 22.8 Å². The molecule has 6 rings (SSSR count). The molecule has 5 heterocycles. The lowest BCUT2D eigenvalue weighted by Crippen LogP contribution is -2.06. The highest BCUT2D eigenvalue weighted by atomic mass is 32.2. The Kier molecular flexibility index (Phi) is 5.76. The van der Waals surface area contributed by atoms with E-state index in [0.29, 0.717) is 22.4 Å². The van der Waals surface area contributed by atoms with Crippen molar-refractivity contribution in [1.29, 1.82) is 0 Å². The molecule has 5 aromatic heterocycles. The lowest BCUT2D eigenvalue weighted by Gasteiger charge is -2.07. The molecule has 6 aromatic rings. The summed E-state index contributed by atoms with van der Waals surface area (Å²) in [6, 6.07) is 12.4. The Morgan fingerprint density at radius 1 is 0.921 bits per heavy atom. The number of sulfone groups is 1. The van der Waals surface area contributed by atoms with Crippen molar-refractivity contribution in [2.45, 2.75) is 13.3 Å². The number of H-pyrrole nitrogens is 2. The summed E-state index contributed by atoms with van der Waals surface area (Å²) in [5.41, 5.74) is 7.81. The van der Waals surface area contributed by atoms with Crippen molar-refractivity contribution in [3.63, 3.8) is 0 Å². The Morgan fingerprint density at radius 3 is 2.61 bits per heavy atom.